The lowest BCUT2D eigenvalue weighted by Gasteiger charge is -2.13. The molecule has 112 valence electrons. The highest BCUT2D eigenvalue weighted by molar-refractivity contribution is 6.07. The van der Waals surface area contributed by atoms with Crippen molar-refractivity contribution in [1.29, 1.82) is 0 Å². The molecule has 0 N–H and O–H groups in total. The lowest BCUT2D eigenvalue weighted by Crippen LogP contribution is -2.07. The maximum Gasteiger partial charge on any atom is 0.0708 e. The summed E-state index contributed by atoms with van der Waals surface area (Å²) in [6.45, 7) is 0. The Balaban J connectivity index is 1.89. The Labute approximate surface area is 136 Å². The molecule has 0 saturated heterocycles. The predicted octanol–water partition coefficient (Wildman–Crippen LogP) is 5.12. The Hall–Kier alpha value is -2.87. The third-order valence-electron chi connectivity index (χ3n) is 4.31. The molecule has 0 unspecified atom stereocenters. The lowest BCUT2D eigenvalue weighted by atomic mass is 10.0. The van der Waals surface area contributed by atoms with Gasteiger partial charge in [0.05, 0.1) is 5.52 Å². The molecular weight excluding hydrogens is 280 g/mol. The molecule has 0 atom stereocenters. The van der Waals surface area contributed by atoms with E-state index in [1.807, 2.05) is 6.20 Å². The number of hydrogen-bond donors (Lipinski definition) is 0. The van der Waals surface area contributed by atoms with Crippen molar-refractivity contribution in [3.8, 4) is 11.1 Å². The van der Waals surface area contributed by atoms with Crippen LogP contribution in [0, 0.1) is 0 Å². The third kappa shape index (κ3) is 2.42. The van der Waals surface area contributed by atoms with Crippen LogP contribution in [0.2, 0.25) is 0 Å². The average molecular weight is 298 g/mol. The monoisotopic (exact) mass is 298 g/mol. The van der Waals surface area contributed by atoms with Gasteiger partial charge in [-0.25, -0.2) is 0 Å². The maximum atomic E-state index is 4.65. The van der Waals surface area contributed by atoms with Crippen molar-refractivity contribution >= 4 is 27.4 Å². The predicted molar refractivity (Wildman–Crippen MR) is 99.0 cm³/mol. The van der Waals surface area contributed by atoms with Crippen LogP contribution >= 0.6 is 0 Å². The van der Waals surface area contributed by atoms with E-state index in [0.29, 0.717) is 0 Å². The normalized spacial score (nSPS) is 11.0. The first-order chi connectivity index (χ1) is 11.2. The summed E-state index contributed by atoms with van der Waals surface area (Å²) in [6.07, 6.45) is 1.96. The van der Waals surface area contributed by atoms with Gasteiger partial charge in [0, 0.05) is 36.9 Å². The summed E-state index contributed by atoms with van der Waals surface area (Å²) in [7, 11) is 4.11. The summed E-state index contributed by atoms with van der Waals surface area (Å²) in [4.78, 5) is 6.76. The number of hydrogen-bond acceptors (Lipinski definition) is 2. The van der Waals surface area contributed by atoms with Crippen molar-refractivity contribution in [1.82, 2.24) is 4.98 Å². The molecule has 1 heterocycles. The fraction of sp³-hybridized carbons (Fsp3) is 0.0952. The van der Waals surface area contributed by atoms with Crippen molar-refractivity contribution in [2.24, 2.45) is 0 Å². The summed E-state index contributed by atoms with van der Waals surface area (Å²) in [6, 6.07) is 23.5. The van der Waals surface area contributed by atoms with Gasteiger partial charge in [-0.05, 0) is 40.6 Å². The van der Waals surface area contributed by atoms with Crippen LogP contribution in [0.1, 0.15) is 0 Å². The Morgan fingerprint density at radius 3 is 2.30 bits per heavy atom. The summed E-state index contributed by atoms with van der Waals surface area (Å²) < 4.78 is 0. The minimum Gasteiger partial charge on any atom is -0.378 e. The van der Waals surface area contributed by atoms with Crippen LogP contribution < -0.4 is 4.90 Å². The molecule has 2 heteroatoms. The number of anilines is 1. The van der Waals surface area contributed by atoms with E-state index >= 15 is 0 Å². The van der Waals surface area contributed by atoms with Crippen LogP contribution in [0.4, 0.5) is 5.69 Å². The smallest absolute Gasteiger partial charge is 0.0708 e. The second kappa shape index (κ2) is 5.40. The first-order valence-corrected chi connectivity index (χ1v) is 7.78. The minimum atomic E-state index is 1.04. The first kappa shape index (κ1) is 13.8. The van der Waals surface area contributed by atoms with E-state index in [0.717, 1.165) is 11.1 Å². The fourth-order valence-electron chi connectivity index (χ4n) is 2.99. The van der Waals surface area contributed by atoms with E-state index in [1.165, 1.54) is 27.4 Å². The molecular formula is C21H18N2. The van der Waals surface area contributed by atoms with E-state index < -0.39 is 0 Å². The number of aromatic nitrogens is 1. The van der Waals surface area contributed by atoms with Gasteiger partial charge < -0.3 is 4.90 Å². The van der Waals surface area contributed by atoms with Gasteiger partial charge >= 0.3 is 0 Å². The summed E-state index contributed by atoms with van der Waals surface area (Å²) in [5.41, 5.74) is 4.59. The van der Waals surface area contributed by atoms with Crippen LogP contribution in [0.15, 0.2) is 72.9 Å². The highest BCUT2D eigenvalue weighted by Crippen LogP contribution is 2.29. The van der Waals surface area contributed by atoms with Crippen molar-refractivity contribution in [2.75, 3.05) is 19.0 Å². The number of nitrogens with zero attached hydrogens (tertiary/aromatic N) is 2. The van der Waals surface area contributed by atoms with Crippen molar-refractivity contribution in [3.63, 3.8) is 0 Å². The van der Waals surface area contributed by atoms with Crippen LogP contribution in [-0.4, -0.2) is 19.1 Å². The fourth-order valence-corrected chi connectivity index (χ4v) is 2.99. The first-order valence-electron chi connectivity index (χ1n) is 7.78. The van der Waals surface area contributed by atoms with Gasteiger partial charge in [-0.3, -0.25) is 4.98 Å². The van der Waals surface area contributed by atoms with Crippen molar-refractivity contribution in [2.45, 2.75) is 0 Å². The number of pyridine rings is 1. The van der Waals surface area contributed by atoms with Gasteiger partial charge in [-0.15, -0.1) is 0 Å². The number of benzene rings is 3. The van der Waals surface area contributed by atoms with Gasteiger partial charge in [0.25, 0.3) is 0 Å². The van der Waals surface area contributed by atoms with Crippen molar-refractivity contribution in [3.05, 3.63) is 72.9 Å². The molecule has 0 aliphatic heterocycles. The van der Waals surface area contributed by atoms with Crippen LogP contribution in [-0.2, 0) is 0 Å². The highest BCUT2D eigenvalue weighted by Gasteiger charge is 2.05. The van der Waals surface area contributed by atoms with Crippen LogP contribution in [0.5, 0.6) is 0 Å². The van der Waals surface area contributed by atoms with Gasteiger partial charge in [-0.2, -0.15) is 0 Å². The minimum absolute atomic E-state index is 1.04. The molecule has 0 amide bonds. The molecule has 0 fully saturated rings. The molecule has 0 aliphatic rings. The lowest BCUT2D eigenvalue weighted by molar-refractivity contribution is 1.13. The zero-order valence-corrected chi connectivity index (χ0v) is 13.3. The summed E-state index contributed by atoms with van der Waals surface area (Å²) in [5.74, 6) is 0. The Morgan fingerprint density at radius 2 is 1.52 bits per heavy atom. The molecule has 4 rings (SSSR count). The van der Waals surface area contributed by atoms with E-state index in [-0.39, 0.29) is 0 Å². The maximum absolute atomic E-state index is 4.65. The van der Waals surface area contributed by atoms with Gasteiger partial charge in [-0.1, -0.05) is 42.5 Å². The zero-order chi connectivity index (χ0) is 15.8. The number of rotatable bonds is 2. The van der Waals surface area contributed by atoms with Crippen LogP contribution in [0.3, 0.4) is 0 Å². The van der Waals surface area contributed by atoms with Crippen molar-refractivity contribution < 1.29 is 0 Å². The second-order valence-corrected chi connectivity index (χ2v) is 6.02. The molecule has 2 nitrogen and oxygen atoms in total. The molecule has 0 spiro atoms. The van der Waals surface area contributed by atoms with Gasteiger partial charge in [0.1, 0.15) is 0 Å². The molecule has 0 aliphatic carbocycles. The third-order valence-corrected chi connectivity index (χ3v) is 4.31. The zero-order valence-electron chi connectivity index (χ0n) is 13.3. The molecule has 1 aromatic heterocycles. The molecule has 0 radical (unpaired) electrons. The van der Waals surface area contributed by atoms with Crippen LogP contribution in [0.25, 0.3) is 32.8 Å². The molecule has 0 bridgehead atoms. The highest BCUT2D eigenvalue weighted by atomic mass is 15.1. The van der Waals surface area contributed by atoms with E-state index in [4.69, 9.17) is 0 Å². The Kier molecular flexibility index (Phi) is 3.23. The molecule has 23 heavy (non-hydrogen) atoms. The molecule has 4 aromatic rings. The summed E-state index contributed by atoms with van der Waals surface area (Å²) in [5, 5.41) is 3.71. The second-order valence-electron chi connectivity index (χ2n) is 6.02. The van der Waals surface area contributed by atoms with Gasteiger partial charge in [0.15, 0.2) is 0 Å². The SMILES string of the molecule is CN(C)c1ccc(-c2cnc3ccc4ccccc4c3c2)cc1. The molecule has 3 aromatic carbocycles. The largest absolute Gasteiger partial charge is 0.378 e. The summed E-state index contributed by atoms with van der Waals surface area (Å²) >= 11 is 0. The Bertz CT molecular complexity index is 985. The number of fused-ring (bicyclic) bond motifs is 3. The van der Waals surface area contributed by atoms with E-state index in [9.17, 15) is 0 Å². The van der Waals surface area contributed by atoms with Gasteiger partial charge in [0.2, 0.25) is 0 Å². The van der Waals surface area contributed by atoms with E-state index in [2.05, 4.69) is 90.7 Å². The molecule has 0 saturated carbocycles. The van der Waals surface area contributed by atoms with E-state index in [1.54, 1.807) is 0 Å². The quantitative estimate of drug-likeness (QED) is 0.477. The Morgan fingerprint density at radius 1 is 0.739 bits per heavy atom. The topological polar surface area (TPSA) is 16.1 Å². The standard InChI is InChI=1S/C21H18N2/c1-23(2)18-10-7-15(8-11-18)17-13-20-19-6-4-3-5-16(19)9-12-21(20)22-14-17/h3-14H,1-2H3. The average Bonchev–Trinajstić information content (AvgIpc) is 2.61.